The summed E-state index contributed by atoms with van der Waals surface area (Å²) in [6, 6.07) is 7.40. The van der Waals surface area contributed by atoms with Gasteiger partial charge in [0.05, 0.1) is 0 Å². The number of hydrogen-bond donors (Lipinski definition) is 0. The van der Waals surface area contributed by atoms with Crippen molar-refractivity contribution in [2.24, 2.45) is 0 Å². The number of hydrogen-bond acceptors (Lipinski definition) is 2. The van der Waals surface area contributed by atoms with Crippen LogP contribution in [0.25, 0.3) is 0 Å². The minimum absolute atomic E-state index is 0.191. The standard InChI is InChI=1S/C15H20FNO/c1-11(9-13-3-5-14(16)6-4-13)17-8-7-15(18)10-12(17)2/h3-6,11-12H,7-10H2,1-2H3. The van der Waals surface area contributed by atoms with E-state index in [2.05, 4.69) is 18.7 Å². The first kappa shape index (κ1) is 13.2. The quantitative estimate of drug-likeness (QED) is 0.821. The number of Topliss-reactive ketones (excluding diaryl/α,β-unsaturated/α-hetero) is 1. The molecular formula is C15H20FNO. The largest absolute Gasteiger partial charge is 0.300 e. The monoisotopic (exact) mass is 249 g/mol. The van der Waals surface area contributed by atoms with Crippen LogP contribution in [0.3, 0.4) is 0 Å². The van der Waals surface area contributed by atoms with Gasteiger partial charge in [-0.25, -0.2) is 4.39 Å². The lowest BCUT2D eigenvalue weighted by Crippen LogP contribution is -2.46. The number of rotatable bonds is 3. The van der Waals surface area contributed by atoms with Crippen LogP contribution in [-0.4, -0.2) is 29.3 Å². The number of carbonyl (C=O) groups excluding carboxylic acids is 1. The van der Waals surface area contributed by atoms with E-state index in [1.54, 1.807) is 0 Å². The highest BCUT2D eigenvalue weighted by Gasteiger charge is 2.26. The minimum Gasteiger partial charge on any atom is -0.300 e. The highest BCUT2D eigenvalue weighted by molar-refractivity contribution is 5.79. The maximum atomic E-state index is 12.8. The number of likely N-dealkylation sites (tertiary alicyclic amines) is 1. The Morgan fingerprint density at radius 2 is 2.06 bits per heavy atom. The van der Waals surface area contributed by atoms with Crippen LogP contribution in [0, 0.1) is 5.82 Å². The average molecular weight is 249 g/mol. The van der Waals surface area contributed by atoms with Gasteiger partial charge >= 0.3 is 0 Å². The van der Waals surface area contributed by atoms with Gasteiger partial charge in [-0.2, -0.15) is 0 Å². The lowest BCUT2D eigenvalue weighted by molar-refractivity contribution is -0.123. The van der Waals surface area contributed by atoms with Crippen molar-refractivity contribution in [2.75, 3.05) is 6.54 Å². The summed E-state index contributed by atoms with van der Waals surface area (Å²) in [6.45, 7) is 5.14. The Balaban J connectivity index is 1.97. The highest BCUT2D eigenvalue weighted by Crippen LogP contribution is 2.19. The number of carbonyl (C=O) groups is 1. The van der Waals surface area contributed by atoms with Gasteiger partial charge in [0.2, 0.25) is 0 Å². The van der Waals surface area contributed by atoms with E-state index in [4.69, 9.17) is 0 Å². The van der Waals surface area contributed by atoms with Gasteiger partial charge in [0.15, 0.2) is 0 Å². The normalized spacial score (nSPS) is 23.1. The summed E-state index contributed by atoms with van der Waals surface area (Å²) in [6.07, 6.45) is 2.23. The SMILES string of the molecule is CC1CC(=O)CCN1C(C)Cc1ccc(F)cc1. The Labute approximate surface area is 108 Å². The number of ketones is 1. The first-order chi connectivity index (χ1) is 8.56. The number of nitrogens with zero attached hydrogens (tertiary/aromatic N) is 1. The van der Waals surface area contributed by atoms with Gasteiger partial charge < -0.3 is 0 Å². The van der Waals surface area contributed by atoms with Crippen LogP contribution >= 0.6 is 0 Å². The van der Waals surface area contributed by atoms with E-state index < -0.39 is 0 Å². The molecule has 1 saturated heterocycles. The summed E-state index contributed by atoms with van der Waals surface area (Å²) in [5.41, 5.74) is 1.15. The predicted octanol–water partition coefficient (Wildman–Crippen LogP) is 2.81. The van der Waals surface area contributed by atoms with E-state index in [1.165, 1.54) is 12.1 Å². The molecular weight excluding hydrogens is 229 g/mol. The second kappa shape index (κ2) is 5.61. The molecule has 0 radical (unpaired) electrons. The molecule has 0 N–H and O–H groups in total. The van der Waals surface area contributed by atoms with Gasteiger partial charge in [0, 0.05) is 31.5 Å². The van der Waals surface area contributed by atoms with E-state index in [0.717, 1.165) is 18.5 Å². The molecule has 2 atom stereocenters. The van der Waals surface area contributed by atoms with Crippen LogP contribution in [0.4, 0.5) is 4.39 Å². The van der Waals surface area contributed by atoms with Crippen molar-refractivity contribution in [1.29, 1.82) is 0 Å². The van der Waals surface area contributed by atoms with Gasteiger partial charge in [-0.15, -0.1) is 0 Å². The third-order valence-electron chi connectivity index (χ3n) is 3.75. The minimum atomic E-state index is -0.191. The van der Waals surface area contributed by atoms with E-state index in [0.29, 0.717) is 30.7 Å². The molecule has 2 rings (SSSR count). The molecule has 0 aromatic heterocycles. The molecule has 2 unspecified atom stereocenters. The van der Waals surface area contributed by atoms with Crippen LogP contribution in [-0.2, 0) is 11.2 Å². The molecule has 1 heterocycles. The fraction of sp³-hybridized carbons (Fsp3) is 0.533. The van der Waals surface area contributed by atoms with E-state index in [1.807, 2.05) is 12.1 Å². The van der Waals surface area contributed by atoms with Crippen molar-refractivity contribution in [2.45, 2.75) is 45.2 Å². The van der Waals surface area contributed by atoms with Gasteiger partial charge in [-0.3, -0.25) is 9.69 Å². The van der Waals surface area contributed by atoms with Crippen molar-refractivity contribution in [3.8, 4) is 0 Å². The lowest BCUT2D eigenvalue weighted by Gasteiger charge is -2.37. The average Bonchev–Trinajstić information content (AvgIpc) is 2.32. The fourth-order valence-electron chi connectivity index (χ4n) is 2.76. The Bertz CT molecular complexity index is 415. The second-order valence-corrected chi connectivity index (χ2v) is 5.26. The summed E-state index contributed by atoms with van der Waals surface area (Å²) >= 11 is 0. The Morgan fingerprint density at radius 3 is 2.67 bits per heavy atom. The molecule has 1 aliphatic heterocycles. The van der Waals surface area contributed by atoms with Gasteiger partial charge in [0.1, 0.15) is 11.6 Å². The van der Waals surface area contributed by atoms with Gasteiger partial charge in [0.25, 0.3) is 0 Å². The van der Waals surface area contributed by atoms with Crippen molar-refractivity contribution in [3.05, 3.63) is 35.6 Å². The maximum absolute atomic E-state index is 12.8. The highest BCUT2D eigenvalue weighted by atomic mass is 19.1. The molecule has 0 aliphatic carbocycles. The zero-order chi connectivity index (χ0) is 13.1. The number of benzene rings is 1. The number of piperidine rings is 1. The Kier molecular flexibility index (Phi) is 4.12. The van der Waals surface area contributed by atoms with Crippen molar-refractivity contribution in [3.63, 3.8) is 0 Å². The topological polar surface area (TPSA) is 20.3 Å². The molecule has 1 fully saturated rings. The first-order valence-electron chi connectivity index (χ1n) is 6.58. The molecule has 98 valence electrons. The molecule has 1 aliphatic rings. The second-order valence-electron chi connectivity index (χ2n) is 5.26. The smallest absolute Gasteiger partial charge is 0.135 e. The van der Waals surface area contributed by atoms with Crippen molar-refractivity contribution >= 4 is 5.78 Å². The van der Waals surface area contributed by atoms with E-state index in [-0.39, 0.29) is 5.82 Å². The van der Waals surface area contributed by atoms with Crippen LogP contribution < -0.4 is 0 Å². The van der Waals surface area contributed by atoms with Gasteiger partial charge in [-0.05, 0) is 38.0 Å². The molecule has 1 aromatic carbocycles. The van der Waals surface area contributed by atoms with E-state index >= 15 is 0 Å². The Morgan fingerprint density at radius 1 is 1.39 bits per heavy atom. The van der Waals surface area contributed by atoms with Crippen molar-refractivity contribution < 1.29 is 9.18 Å². The summed E-state index contributed by atoms with van der Waals surface area (Å²) in [7, 11) is 0. The van der Waals surface area contributed by atoms with Gasteiger partial charge in [-0.1, -0.05) is 12.1 Å². The molecule has 0 bridgehead atoms. The molecule has 3 heteroatoms. The van der Waals surface area contributed by atoms with Crippen molar-refractivity contribution in [1.82, 2.24) is 4.90 Å². The van der Waals surface area contributed by atoms with Crippen LogP contribution in [0.5, 0.6) is 0 Å². The number of halogens is 1. The summed E-state index contributed by atoms with van der Waals surface area (Å²) < 4.78 is 12.8. The van der Waals surface area contributed by atoms with Crippen LogP contribution in [0.1, 0.15) is 32.3 Å². The zero-order valence-corrected chi connectivity index (χ0v) is 11.0. The molecule has 1 aromatic rings. The van der Waals surface area contributed by atoms with Crippen LogP contribution in [0.15, 0.2) is 24.3 Å². The third kappa shape index (κ3) is 3.16. The fourth-order valence-corrected chi connectivity index (χ4v) is 2.76. The maximum Gasteiger partial charge on any atom is 0.135 e. The zero-order valence-electron chi connectivity index (χ0n) is 11.0. The molecule has 0 spiro atoms. The van der Waals surface area contributed by atoms with E-state index in [9.17, 15) is 9.18 Å². The summed E-state index contributed by atoms with van der Waals surface area (Å²) in [5, 5.41) is 0. The van der Waals surface area contributed by atoms with Crippen LogP contribution in [0.2, 0.25) is 0 Å². The molecule has 2 nitrogen and oxygen atoms in total. The summed E-state index contributed by atoms with van der Waals surface area (Å²) in [4.78, 5) is 13.7. The first-order valence-corrected chi connectivity index (χ1v) is 6.58. The lowest BCUT2D eigenvalue weighted by atomic mass is 9.97. The summed E-state index contributed by atoms with van der Waals surface area (Å²) in [5.74, 6) is 0.177. The third-order valence-corrected chi connectivity index (χ3v) is 3.75. The molecule has 18 heavy (non-hydrogen) atoms. The predicted molar refractivity (Wildman–Crippen MR) is 70.0 cm³/mol. The molecule has 0 saturated carbocycles. The molecule has 0 amide bonds. The Hall–Kier alpha value is -1.22.